The molecule has 5 heteroatoms. The zero-order valence-electron chi connectivity index (χ0n) is 13.0. The van der Waals surface area contributed by atoms with Crippen LogP contribution in [0.4, 0.5) is 4.39 Å². The van der Waals surface area contributed by atoms with E-state index in [1.54, 1.807) is 17.0 Å². The second-order valence-electron chi connectivity index (χ2n) is 5.84. The number of hydrogen-bond donors (Lipinski definition) is 1. The number of rotatable bonds is 5. The maximum Gasteiger partial charge on any atom is 0.239 e. The Balaban J connectivity index is 1.85. The fourth-order valence-electron chi connectivity index (χ4n) is 2.90. The molecule has 120 valence electrons. The van der Waals surface area contributed by atoms with Gasteiger partial charge in [0.15, 0.2) is 0 Å². The molecular weight excluding hydrogens is 283 g/mol. The van der Waals surface area contributed by atoms with Crippen LogP contribution in [0.2, 0.25) is 0 Å². The van der Waals surface area contributed by atoms with Gasteiger partial charge in [-0.1, -0.05) is 31.4 Å². The van der Waals surface area contributed by atoms with E-state index in [1.807, 2.05) is 0 Å². The van der Waals surface area contributed by atoms with E-state index in [4.69, 9.17) is 0 Å². The first-order valence-corrected chi connectivity index (χ1v) is 7.84. The van der Waals surface area contributed by atoms with Crippen molar-refractivity contribution in [2.24, 2.45) is 0 Å². The van der Waals surface area contributed by atoms with Gasteiger partial charge in [-0.05, 0) is 30.5 Å². The van der Waals surface area contributed by atoms with E-state index in [9.17, 15) is 14.0 Å². The van der Waals surface area contributed by atoms with Gasteiger partial charge in [-0.15, -0.1) is 0 Å². The third-order valence-corrected chi connectivity index (χ3v) is 4.14. The Morgan fingerprint density at radius 1 is 1.18 bits per heavy atom. The smallest absolute Gasteiger partial charge is 0.239 e. The van der Waals surface area contributed by atoms with Gasteiger partial charge in [0.25, 0.3) is 0 Å². The Labute approximate surface area is 130 Å². The number of nitrogens with zero attached hydrogens (tertiary/aromatic N) is 1. The number of nitrogens with one attached hydrogen (secondary N) is 1. The SMILES string of the molecule is CC(=O)N(CC(=O)NCc1ccc(F)cc1)C1CCCCC1. The molecule has 22 heavy (non-hydrogen) atoms. The van der Waals surface area contributed by atoms with Crippen LogP contribution in [0.25, 0.3) is 0 Å². The molecule has 0 saturated heterocycles. The zero-order valence-corrected chi connectivity index (χ0v) is 13.0. The molecule has 4 nitrogen and oxygen atoms in total. The normalized spacial score (nSPS) is 15.4. The van der Waals surface area contributed by atoms with Crippen molar-refractivity contribution in [3.63, 3.8) is 0 Å². The summed E-state index contributed by atoms with van der Waals surface area (Å²) in [6, 6.07) is 6.19. The molecule has 0 aliphatic heterocycles. The van der Waals surface area contributed by atoms with E-state index >= 15 is 0 Å². The first-order valence-electron chi connectivity index (χ1n) is 7.84. The number of halogens is 1. The molecule has 2 amide bonds. The molecule has 2 rings (SSSR count). The van der Waals surface area contributed by atoms with E-state index in [0.717, 1.165) is 31.2 Å². The van der Waals surface area contributed by atoms with Crippen LogP contribution in [-0.2, 0) is 16.1 Å². The highest BCUT2D eigenvalue weighted by Crippen LogP contribution is 2.22. The largest absolute Gasteiger partial charge is 0.350 e. The summed E-state index contributed by atoms with van der Waals surface area (Å²) in [6.45, 7) is 1.96. The molecule has 0 atom stereocenters. The predicted molar refractivity (Wildman–Crippen MR) is 82.5 cm³/mol. The van der Waals surface area contributed by atoms with Crippen LogP contribution in [0.1, 0.15) is 44.6 Å². The van der Waals surface area contributed by atoms with E-state index in [2.05, 4.69) is 5.32 Å². The first-order chi connectivity index (χ1) is 10.6. The Kier molecular flexibility index (Phi) is 5.92. The molecule has 1 fully saturated rings. The summed E-state index contributed by atoms with van der Waals surface area (Å²) in [6.07, 6.45) is 5.39. The molecule has 1 N–H and O–H groups in total. The monoisotopic (exact) mass is 306 g/mol. The number of carbonyl (C=O) groups excluding carboxylic acids is 2. The third-order valence-electron chi connectivity index (χ3n) is 4.14. The van der Waals surface area contributed by atoms with Gasteiger partial charge in [-0.2, -0.15) is 0 Å². The molecule has 1 aromatic carbocycles. The van der Waals surface area contributed by atoms with Crippen molar-refractivity contribution in [3.05, 3.63) is 35.6 Å². The van der Waals surface area contributed by atoms with Gasteiger partial charge in [0.1, 0.15) is 5.82 Å². The fraction of sp³-hybridized carbons (Fsp3) is 0.529. The fourth-order valence-corrected chi connectivity index (χ4v) is 2.90. The predicted octanol–water partition coefficient (Wildman–Crippen LogP) is 2.62. The van der Waals surface area contributed by atoms with Gasteiger partial charge < -0.3 is 10.2 Å². The summed E-state index contributed by atoms with van der Waals surface area (Å²) >= 11 is 0. The van der Waals surface area contributed by atoms with Crippen LogP contribution >= 0.6 is 0 Å². The van der Waals surface area contributed by atoms with Crippen LogP contribution in [0, 0.1) is 5.82 Å². The van der Waals surface area contributed by atoms with Crippen molar-refractivity contribution >= 4 is 11.8 Å². The summed E-state index contributed by atoms with van der Waals surface area (Å²) in [4.78, 5) is 25.5. The minimum absolute atomic E-state index is 0.0520. The Hall–Kier alpha value is -1.91. The Bertz CT molecular complexity index is 510. The molecule has 0 heterocycles. The maximum atomic E-state index is 12.8. The number of amides is 2. The van der Waals surface area contributed by atoms with Gasteiger partial charge in [0.05, 0.1) is 6.54 Å². The van der Waals surface area contributed by atoms with Gasteiger partial charge >= 0.3 is 0 Å². The second kappa shape index (κ2) is 7.92. The van der Waals surface area contributed by atoms with E-state index in [0.29, 0.717) is 6.54 Å². The van der Waals surface area contributed by atoms with Crippen molar-refractivity contribution < 1.29 is 14.0 Å². The van der Waals surface area contributed by atoms with E-state index in [1.165, 1.54) is 25.5 Å². The summed E-state index contributed by atoms with van der Waals surface area (Å²) < 4.78 is 12.8. The minimum Gasteiger partial charge on any atom is -0.350 e. The zero-order chi connectivity index (χ0) is 15.9. The molecule has 1 saturated carbocycles. The van der Waals surface area contributed by atoms with Gasteiger partial charge in [0, 0.05) is 19.5 Å². The molecular formula is C17H23FN2O2. The van der Waals surface area contributed by atoms with Gasteiger partial charge in [-0.25, -0.2) is 4.39 Å². The van der Waals surface area contributed by atoms with Crippen LogP contribution in [0.15, 0.2) is 24.3 Å². The average Bonchev–Trinajstić information content (AvgIpc) is 2.52. The van der Waals surface area contributed by atoms with Crippen LogP contribution < -0.4 is 5.32 Å². The average molecular weight is 306 g/mol. The van der Waals surface area contributed by atoms with Crippen molar-refractivity contribution in [1.82, 2.24) is 10.2 Å². The van der Waals surface area contributed by atoms with Crippen molar-refractivity contribution in [1.29, 1.82) is 0 Å². The van der Waals surface area contributed by atoms with Crippen LogP contribution in [-0.4, -0.2) is 29.3 Å². The topological polar surface area (TPSA) is 49.4 Å². The number of benzene rings is 1. The van der Waals surface area contributed by atoms with Gasteiger partial charge in [0.2, 0.25) is 11.8 Å². The van der Waals surface area contributed by atoms with Crippen molar-refractivity contribution in [2.75, 3.05) is 6.54 Å². The lowest BCUT2D eigenvalue weighted by atomic mass is 9.94. The molecule has 0 aromatic heterocycles. The molecule has 1 aliphatic rings. The summed E-state index contributed by atoms with van der Waals surface area (Å²) in [7, 11) is 0. The maximum absolute atomic E-state index is 12.8. The summed E-state index contributed by atoms with van der Waals surface area (Å²) in [5.74, 6) is -0.524. The van der Waals surface area contributed by atoms with Gasteiger partial charge in [-0.3, -0.25) is 9.59 Å². The second-order valence-corrected chi connectivity index (χ2v) is 5.84. The number of carbonyl (C=O) groups is 2. The highest BCUT2D eigenvalue weighted by atomic mass is 19.1. The van der Waals surface area contributed by atoms with Crippen LogP contribution in [0.3, 0.4) is 0 Å². The molecule has 0 radical (unpaired) electrons. The van der Waals surface area contributed by atoms with Crippen molar-refractivity contribution in [2.45, 2.75) is 51.6 Å². The molecule has 1 aliphatic carbocycles. The highest BCUT2D eigenvalue weighted by molar-refractivity contribution is 5.83. The lowest BCUT2D eigenvalue weighted by Gasteiger charge is -2.33. The van der Waals surface area contributed by atoms with E-state index < -0.39 is 0 Å². The lowest BCUT2D eigenvalue weighted by Crippen LogP contribution is -2.46. The number of hydrogen-bond acceptors (Lipinski definition) is 2. The Morgan fingerprint density at radius 3 is 2.41 bits per heavy atom. The van der Waals surface area contributed by atoms with Crippen LogP contribution in [0.5, 0.6) is 0 Å². The lowest BCUT2D eigenvalue weighted by molar-refractivity contribution is -0.137. The summed E-state index contributed by atoms with van der Waals surface area (Å²) in [5.41, 5.74) is 0.835. The quantitative estimate of drug-likeness (QED) is 0.909. The first kappa shape index (κ1) is 16.5. The van der Waals surface area contributed by atoms with E-state index in [-0.39, 0.29) is 30.2 Å². The highest BCUT2D eigenvalue weighted by Gasteiger charge is 2.24. The molecule has 0 bridgehead atoms. The molecule has 0 spiro atoms. The minimum atomic E-state index is -0.296. The third kappa shape index (κ3) is 4.83. The standard InChI is InChI=1S/C17H23FN2O2/c1-13(21)20(16-5-3-2-4-6-16)12-17(22)19-11-14-7-9-15(18)10-8-14/h7-10,16H,2-6,11-12H2,1H3,(H,19,22). The molecule has 1 aromatic rings. The molecule has 0 unspecified atom stereocenters. The Morgan fingerprint density at radius 2 is 1.82 bits per heavy atom. The van der Waals surface area contributed by atoms with Crippen molar-refractivity contribution in [3.8, 4) is 0 Å². The summed E-state index contributed by atoms with van der Waals surface area (Å²) in [5, 5.41) is 2.79.